The van der Waals surface area contributed by atoms with E-state index in [0.717, 1.165) is 34.7 Å². The van der Waals surface area contributed by atoms with E-state index >= 15 is 0 Å². The van der Waals surface area contributed by atoms with E-state index in [2.05, 4.69) is 5.32 Å². The van der Waals surface area contributed by atoms with Gasteiger partial charge < -0.3 is 15.2 Å². The van der Waals surface area contributed by atoms with E-state index in [1.165, 1.54) is 0 Å². The molecule has 4 nitrogen and oxygen atoms in total. The monoisotopic (exact) mass is 375 g/mol. The zero-order chi connectivity index (χ0) is 18.9. The van der Waals surface area contributed by atoms with Crippen molar-refractivity contribution in [1.29, 1.82) is 0 Å². The summed E-state index contributed by atoms with van der Waals surface area (Å²) < 4.78 is 5.74. The van der Waals surface area contributed by atoms with Gasteiger partial charge in [0.2, 0.25) is 0 Å². The van der Waals surface area contributed by atoms with Crippen LogP contribution in [-0.4, -0.2) is 29.8 Å². The summed E-state index contributed by atoms with van der Waals surface area (Å²) in [6.45, 7) is 4.54. The molecule has 26 heavy (non-hydrogen) atoms. The van der Waals surface area contributed by atoms with E-state index < -0.39 is 12.0 Å². The fraction of sp³-hybridized carbons (Fsp3) is 0.381. The van der Waals surface area contributed by atoms with Crippen LogP contribution in [0.25, 0.3) is 0 Å². The summed E-state index contributed by atoms with van der Waals surface area (Å²) >= 11 is 6.00. The van der Waals surface area contributed by atoms with Gasteiger partial charge >= 0.3 is 5.97 Å². The Kier molecular flexibility index (Phi) is 7.95. The highest BCUT2D eigenvalue weighted by atomic mass is 35.5. The molecule has 1 unspecified atom stereocenters. The largest absolute Gasteiger partial charge is 0.494 e. The van der Waals surface area contributed by atoms with Crippen molar-refractivity contribution in [2.24, 2.45) is 0 Å². The van der Waals surface area contributed by atoms with Crippen molar-refractivity contribution in [3.8, 4) is 5.75 Å². The third-order valence-corrected chi connectivity index (χ3v) is 4.67. The fourth-order valence-corrected chi connectivity index (χ4v) is 2.90. The lowest BCUT2D eigenvalue weighted by molar-refractivity contribution is -0.139. The first-order valence-corrected chi connectivity index (χ1v) is 9.25. The summed E-state index contributed by atoms with van der Waals surface area (Å²) in [6, 6.07) is 14.8. The minimum atomic E-state index is -0.825. The van der Waals surface area contributed by atoms with Gasteiger partial charge in [0.15, 0.2) is 0 Å². The molecule has 5 heteroatoms. The van der Waals surface area contributed by atoms with Crippen molar-refractivity contribution >= 4 is 17.6 Å². The van der Waals surface area contributed by atoms with Gasteiger partial charge in [0, 0.05) is 11.1 Å². The average molecular weight is 376 g/mol. The number of aryl methyl sites for hydroxylation is 1. The minimum absolute atomic E-state index is 0.0929. The molecular formula is C21H26ClNO3. The molecule has 0 radical (unpaired) electrons. The van der Waals surface area contributed by atoms with Crippen LogP contribution in [0.5, 0.6) is 5.75 Å². The lowest BCUT2D eigenvalue weighted by atomic mass is 10.0. The molecule has 2 rings (SSSR count). The highest BCUT2D eigenvalue weighted by Gasteiger charge is 2.19. The Labute approximate surface area is 160 Å². The van der Waals surface area contributed by atoms with Gasteiger partial charge in [-0.3, -0.25) is 4.79 Å². The topological polar surface area (TPSA) is 58.6 Å². The van der Waals surface area contributed by atoms with E-state index in [-0.39, 0.29) is 6.04 Å². The predicted octanol–water partition coefficient (Wildman–Crippen LogP) is 4.48. The first kappa shape index (κ1) is 20.3. The normalized spacial score (nSPS) is 13.2. The Morgan fingerprint density at radius 2 is 1.96 bits per heavy atom. The third-order valence-electron chi connectivity index (χ3n) is 4.25. The molecule has 2 N–H and O–H groups in total. The molecule has 0 amide bonds. The molecule has 0 heterocycles. The summed E-state index contributed by atoms with van der Waals surface area (Å²) in [4.78, 5) is 11.5. The van der Waals surface area contributed by atoms with Crippen LogP contribution in [0.1, 0.15) is 30.9 Å². The number of carbonyl (C=O) groups is 1. The number of carboxylic acid groups (broad SMARTS) is 1. The first-order valence-electron chi connectivity index (χ1n) is 8.87. The summed E-state index contributed by atoms with van der Waals surface area (Å²) in [6.07, 6.45) is 2.15. The van der Waals surface area contributed by atoms with Crippen LogP contribution in [0.3, 0.4) is 0 Å². The zero-order valence-electron chi connectivity index (χ0n) is 15.2. The van der Waals surface area contributed by atoms with Gasteiger partial charge in [0.25, 0.3) is 0 Å². The maximum Gasteiger partial charge on any atom is 0.321 e. The number of hydrogen-bond acceptors (Lipinski definition) is 3. The lowest BCUT2D eigenvalue weighted by Crippen LogP contribution is -2.43. The molecular weight excluding hydrogens is 350 g/mol. The van der Waals surface area contributed by atoms with Gasteiger partial charge in [-0.15, -0.1) is 0 Å². The zero-order valence-corrected chi connectivity index (χ0v) is 16.0. The van der Waals surface area contributed by atoms with E-state index in [9.17, 15) is 9.90 Å². The van der Waals surface area contributed by atoms with E-state index in [1.54, 1.807) is 0 Å². The van der Waals surface area contributed by atoms with Crippen molar-refractivity contribution in [1.82, 2.24) is 5.32 Å². The molecule has 0 spiro atoms. The van der Waals surface area contributed by atoms with E-state index in [0.29, 0.717) is 13.0 Å². The number of halogens is 1. The average Bonchev–Trinajstić information content (AvgIpc) is 2.62. The van der Waals surface area contributed by atoms with Crippen molar-refractivity contribution in [2.75, 3.05) is 6.61 Å². The number of carboxylic acids is 1. The summed E-state index contributed by atoms with van der Waals surface area (Å²) in [5.41, 5.74) is 2.01. The van der Waals surface area contributed by atoms with Crippen molar-refractivity contribution in [3.63, 3.8) is 0 Å². The smallest absolute Gasteiger partial charge is 0.321 e. The van der Waals surface area contributed by atoms with Crippen LogP contribution in [0, 0.1) is 6.92 Å². The molecule has 2 atom stereocenters. The molecule has 0 aliphatic rings. The molecule has 0 saturated heterocycles. The lowest BCUT2D eigenvalue weighted by Gasteiger charge is -2.20. The number of rotatable bonds is 10. The molecule has 0 aliphatic carbocycles. The van der Waals surface area contributed by atoms with Crippen LogP contribution in [-0.2, 0) is 11.2 Å². The van der Waals surface area contributed by atoms with Crippen LogP contribution in [0.15, 0.2) is 48.5 Å². The molecule has 0 saturated carbocycles. The molecule has 2 aromatic carbocycles. The molecule has 2 aromatic rings. The number of aliphatic carboxylic acids is 1. The SMILES string of the molecule is Cc1cc(OCCCC(C)N[C@H](Cc2ccccc2)C(=O)O)ccc1Cl. The molecule has 0 aliphatic heterocycles. The minimum Gasteiger partial charge on any atom is -0.494 e. The Hall–Kier alpha value is -2.04. The quantitative estimate of drug-likeness (QED) is 0.601. The number of hydrogen-bond donors (Lipinski definition) is 2. The highest BCUT2D eigenvalue weighted by Crippen LogP contribution is 2.21. The van der Waals surface area contributed by atoms with Gasteiger partial charge in [-0.05, 0) is 62.4 Å². The number of nitrogens with one attached hydrogen (secondary N) is 1. The Morgan fingerprint density at radius 3 is 2.62 bits per heavy atom. The maximum atomic E-state index is 11.5. The Bertz CT molecular complexity index is 706. The number of ether oxygens (including phenoxy) is 1. The van der Waals surface area contributed by atoms with Crippen LogP contribution < -0.4 is 10.1 Å². The molecule has 0 fully saturated rings. The van der Waals surface area contributed by atoms with Crippen LogP contribution in [0.4, 0.5) is 0 Å². The van der Waals surface area contributed by atoms with Crippen LogP contribution in [0.2, 0.25) is 5.02 Å². The van der Waals surface area contributed by atoms with E-state index in [1.807, 2.05) is 62.4 Å². The van der Waals surface area contributed by atoms with Gasteiger partial charge in [-0.25, -0.2) is 0 Å². The second-order valence-corrected chi connectivity index (χ2v) is 6.96. The second-order valence-electron chi connectivity index (χ2n) is 6.55. The van der Waals surface area contributed by atoms with Crippen molar-refractivity contribution in [2.45, 2.75) is 45.2 Å². The van der Waals surface area contributed by atoms with Gasteiger partial charge in [-0.1, -0.05) is 41.9 Å². The second kappa shape index (κ2) is 10.2. The molecule has 0 aromatic heterocycles. The summed E-state index contributed by atoms with van der Waals surface area (Å²) in [5, 5.41) is 13.4. The Morgan fingerprint density at radius 1 is 1.23 bits per heavy atom. The highest BCUT2D eigenvalue weighted by molar-refractivity contribution is 6.31. The third kappa shape index (κ3) is 6.70. The van der Waals surface area contributed by atoms with Crippen LogP contribution >= 0.6 is 11.6 Å². The fourth-order valence-electron chi connectivity index (χ4n) is 2.78. The Balaban J connectivity index is 1.74. The number of benzene rings is 2. The molecule has 140 valence electrons. The summed E-state index contributed by atoms with van der Waals surface area (Å²) in [7, 11) is 0. The van der Waals surface area contributed by atoms with Gasteiger partial charge in [-0.2, -0.15) is 0 Å². The van der Waals surface area contributed by atoms with Gasteiger partial charge in [0.05, 0.1) is 6.61 Å². The van der Waals surface area contributed by atoms with Crippen molar-refractivity contribution < 1.29 is 14.6 Å². The molecule has 0 bridgehead atoms. The predicted molar refractivity (Wildman–Crippen MR) is 105 cm³/mol. The van der Waals surface area contributed by atoms with Gasteiger partial charge in [0.1, 0.15) is 11.8 Å². The van der Waals surface area contributed by atoms with Crippen molar-refractivity contribution in [3.05, 3.63) is 64.7 Å². The van der Waals surface area contributed by atoms with E-state index in [4.69, 9.17) is 16.3 Å². The maximum absolute atomic E-state index is 11.5. The first-order chi connectivity index (χ1) is 12.5. The summed E-state index contributed by atoms with van der Waals surface area (Å²) in [5.74, 6) is -0.0198. The standard InChI is InChI=1S/C21H26ClNO3/c1-15-13-18(10-11-19(15)22)26-12-6-7-16(2)23-20(21(24)25)14-17-8-4-3-5-9-17/h3-5,8-11,13,16,20,23H,6-7,12,14H2,1-2H3,(H,24,25)/t16?,20-/m1/s1.